The van der Waals surface area contributed by atoms with Crippen LogP contribution in [0.5, 0.6) is 5.75 Å². The molecule has 15 heteroatoms. The van der Waals surface area contributed by atoms with E-state index >= 15 is 0 Å². The maximum absolute atomic E-state index is 13.9. The molecule has 0 aliphatic heterocycles. The van der Waals surface area contributed by atoms with Crippen molar-refractivity contribution in [3.63, 3.8) is 0 Å². The molecule has 0 aliphatic rings. The van der Waals surface area contributed by atoms with E-state index in [-0.39, 0.29) is 35.6 Å². The Labute approximate surface area is 260 Å². The number of halogens is 4. The van der Waals surface area contributed by atoms with Crippen molar-refractivity contribution in [3.05, 3.63) is 92.3 Å². The van der Waals surface area contributed by atoms with Gasteiger partial charge < -0.3 is 9.84 Å². The van der Waals surface area contributed by atoms with Crippen LogP contribution in [0.3, 0.4) is 0 Å². The van der Waals surface area contributed by atoms with Crippen molar-refractivity contribution in [1.82, 2.24) is 29.5 Å². The van der Waals surface area contributed by atoms with Gasteiger partial charge in [-0.2, -0.15) is 13.2 Å². The number of fused-ring (bicyclic) bond motifs is 2. The van der Waals surface area contributed by atoms with Crippen LogP contribution in [-0.2, 0) is 12.7 Å². The predicted octanol–water partition coefficient (Wildman–Crippen LogP) is 6.59. The monoisotopic (exact) mass is 652 g/mol. The highest BCUT2D eigenvalue weighted by atomic mass is 35.5. The van der Waals surface area contributed by atoms with Gasteiger partial charge in [0.05, 0.1) is 22.3 Å². The Kier molecular flexibility index (Phi) is 7.70. The van der Waals surface area contributed by atoms with Gasteiger partial charge in [0.25, 0.3) is 5.56 Å². The molecule has 6 aromatic rings. The Morgan fingerprint density at radius 3 is 2.49 bits per heavy atom. The average Bonchev–Trinajstić information content (AvgIpc) is 3.42. The lowest BCUT2D eigenvalue weighted by Crippen LogP contribution is -2.28. The number of nitrogens with zero attached hydrogens (tertiary/aromatic N) is 6. The molecule has 228 valence electrons. The van der Waals surface area contributed by atoms with E-state index < -0.39 is 34.7 Å². The van der Waals surface area contributed by atoms with E-state index in [2.05, 4.69) is 24.9 Å². The summed E-state index contributed by atoms with van der Waals surface area (Å²) < 4.78 is 49.7. The van der Waals surface area contributed by atoms with Crippen molar-refractivity contribution in [2.75, 3.05) is 6.61 Å². The number of pyridine rings is 2. The molecular formula is C30H20ClF3N6O4S. The molecule has 6 rings (SSSR count). The van der Waals surface area contributed by atoms with Crippen LogP contribution in [0.4, 0.5) is 13.2 Å². The van der Waals surface area contributed by atoms with Gasteiger partial charge >= 0.3 is 12.1 Å². The summed E-state index contributed by atoms with van der Waals surface area (Å²) >= 11 is 7.57. The minimum absolute atomic E-state index is 0.0179. The van der Waals surface area contributed by atoms with E-state index in [9.17, 15) is 27.9 Å². The highest BCUT2D eigenvalue weighted by Crippen LogP contribution is 2.40. The fourth-order valence-corrected chi connectivity index (χ4v) is 6.07. The lowest BCUT2D eigenvalue weighted by atomic mass is 10.0. The molecule has 10 nitrogen and oxygen atoms in total. The van der Waals surface area contributed by atoms with Crippen LogP contribution >= 0.6 is 22.9 Å². The number of aryl methyl sites for hydroxylation is 2. The summed E-state index contributed by atoms with van der Waals surface area (Å²) in [6.45, 7) is 3.18. The molecule has 1 aromatic carbocycles. The van der Waals surface area contributed by atoms with Crippen LogP contribution in [0.15, 0.2) is 59.0 Å². The molecule has 0 saturated heterocycles. The number of rotatable bonds is 7. The summed E-state index contributed by atoms with van der Waals surface area (Å²) in [5.74, 6) is -0.562. The Bertz CT molecular complexity index is 2190. The second kappa shape index (κ2) is 11.5. The van der Waals surface area contributed by atoms with Crippen LogP contribution < -0.4 is 10.3 Å². The minimum atomic E-state index is -4.84. The number of thiophene rings is 1. The summed E-state index contributed by atoms with van der Waals surface area (Å²) in [6, 6.07) is 9.48. The molecule has 0 bridgehead atoms. The standard InChI is InChI=1S/C30H20ClF3N6O4S/c1-14-11-19(25-23(36-14)20(13-45-25)29(42)43)18-12-17(31)3-4-21(18)44-10-9-40-15(2)37-27-24(28(40)41)38-22(16-5-7-35-8-6-16)26(39-27)30(32,33)34/h3-8,11-13H,9-10H2,1-2H3,(H,42,43). The number of benzene rings is 1. The maximum atomic E-state index is 13.9. The van der Waals surface area contributed by atoms with Crippen molar-refractivity contribution in [2.24, 2.45) is 0 Å². The second-order valence-corrected chi connectivity index (χ2v) is 11.2. The van der Waals surface area contributed by atoms with Crippen LogP contribution in [0.1, 0.15) is 27.6 Å². The van der Waals surface area contributed by atoms with Gasteiger partial charge in [-0.25, -0.2) is 19.7 Å². The molecule has 0 atom stereocenters. The van der Waals surface area contributed by atoms with Crippen LogP contribution in [0, 0.1) is 13.8 Å². The van der Waals surface area contributed by atoms with Gasteiger partial charge in [0.15, 0.2) is 16.9 Å². The largest absolute Gasteiger partial charge is 0.491 e. The SMILES string of the molecule is Cc1cc(-c2cc(Cl)ccc2OCCn2c(C)nc3nc(C(F)(F)F)c(-c4ccncc4)nc3c2=O)c2scc(C(=O)O)c2n1. The van der Waals surface area contributed by atoms with Crippen molar-refractivity contribution in [2.45, 2.75) is 26.6 Å². The molecule has 5 heterocycles. The molecule has 0 spiro atoms. The number of hydrogen-bond donors (Lipinski definition) is 1. The summed E-state index contributed by atoms with van der Waals surface area (Å²) in [4.78, 5) is 45.4. The van der Waals surface area contributed by atoms with Crippen LogP contribution in [-0.4, -0.2) is 47.2 Å². The average molecular weight is 653 g/mol. The molecule has 0 unspecified atom stereocenters. The predicted molar refractivity (Wildman–Crippen MR) is 162 cm³/mol. The first-order valence-corrected chi connectivity index (χ1v) is 14.5. The fraction of sp³-hybridized carbons (Fsp3) is 0.167. The van der Waals surface area contributed by atoms with E-state index in [1.807, 2.05) is 0 Å². The maximum Gasteiger partial charge on any atom is 0.435 e. The molecule has 0 amide bonds. The Hall–Kier alpha value is -4.95. The molecule has 0 radical (unpaired) electrons. The van der Waals surface area contributed by atoms with Crippen molar-refractivity contribution < 1.29 is 27.8 Å². The lowest BCUT2D eigenvalue weighted by molar-refractivity contribution is -0.140. The molecule has 1 N–H and O–H groups in total. The molecule has 0 saturated carbocycles. The Balaban J connectivity index is 1.36. The van der Waals surface area contributed by atoms with Crippen molar-refractivity contribution in [3.8, 4) is 28.1 Å². The smallest absolute Gasteiger partial charge is 0.435 e. The summed E-state index contributed by atoms with van der Waals surface area (Å²) in [6.07, 6.45) is -2.21. The Morgan fingerprint density at radius 2 is 1.78 bits per heavy atom. The molecule has 45 heavy (non-hydrogen) atoms. The quantitative estimate of drug-likeness (QED) is 0.203. The van der Waals surface area contributed by atoms with E-state index in [0.717, 1.165) is 0 Å². The van der Waals surface area contributed by atoms with E-state index in [1.165, 1.54) is 52.7 Å². The van der Waals surface area contributed by atoms with Gasteiger partial charge in [-0.3, -0.25) is 19.3 Å². The molecular weight excluding hydrogens is 633 g/mol. The highest BCUT2D eigenvalue weighted by Gasteiger charge is 2.38. The highest BCUT2D eigenvalue weighted by molar-refractivity contribution is 7.18. The normalized spacial score (nSPS) is 11.8. The van der Waals surface area contributed by atoms with Gasteiger partial charge in [-0.1, -0.05) is 11.6 Å². The fourth-order valence-electron chi connectivity index (χ4n) is 4.88. The number of aromatic carboxylic acids is 1. The zero-order valence-electron chi connectivity index (χ0n) is 23.4. The number of carboxylic acids is 1. The Morgan fingerprint density at radius 1 is 1.02 bits per heavy atom. The zero-order chi connectivity index (χ0) is 32.0. The van der Waals surface area contributed by atoms with Gasteiger partial charge in [0.1, 0.15) is 23.9 Å². The minimum Gasteiger partial charge on any atom is -0.491 e. The van der Waals surface area contributed by atoms with Crippen LogP contribution in [0.25, 0.3) is 43.8 Å². The summed E-state index contributed by atoms with van der Waals surface area (Å²) in [5.41, 5.74) is -0.814. The third-order valence-corrected chi connectivity index (χ3v) is 8.13. The number of carboxylic acid groups (broad SMARTS) is 1. The first-order chi connectivity index (χ1) is 21.4. The van der Waals surface area contributed by atoms with Gasteiger partial charge in [0.2, 0.25) is 0 Å². The first-order valence-electron chi connectivity index (χ1n) is 13.2. The van der Waals surface area contributed by atoms with Crippen LogP contribution in [0.2, 0.25) is 5.02 Å². The summed E-state index contributed by atoms with van der Waals surface area (Å²) in [7, 11) is 0. The third-order valence-electron chi connectivity index (χ3n) is 6.89. The van der Waals surface area contributed by atoms with Gasteiger partial charge in [0, 0.05) is 45.2 Å². The first kappa shape index (κ1) is 30.1. The van der Waals surface area contributed by atoms with Gasteiger partial charge in [-0.15, -0.1) is 11.3 Å². The number of hydrogen-bond acceptors (Lipinski definition) is 9. The number of alkyl halides is 3. The zero-order valence-corrected chi connectivity index (χ0v) is 25.0. The number of aromatic nitrogens is 6. The second-order valence-electron chi connectivity index (χ2n) is 9.87. The molecule has 0 fully saturated rings. The summed E-state index contributed by atoms with van der Waals surface area (Å²) in [5, 5.41) is 11.6. The van der Waals surface area contributed by atoms with Crippen molar-refractivity contribution in [1.29, 1.82) is 0 Å². The topological polar surface area (TPSA) is 133 Å². The molecule has 5 aromatic heterocycles. The number of ether oxygens (including phenoxy) is 1. The van der Waals surface area contributed by atoms with E-state index in [4.69, 9.17) is 16.3 Å². The van der Waals surface area contributed by atoms with E-state index in [1.54, 1.807) is 31.2 Å². The van der Waals surface area contributed by atoms with Crippen molar-refractivity contribution >= 4 is 50.3 Å². The number of carbonyl (C=O) groups is 1. The molecule has 0 aliphatic carbocycles. The third kappa shape index (κ3) is 5.69. The van der Waals surface area contributed by atoms with Gasteiger partial charge in [-0.05, 0) is 50.2 Å². The van der Waals surface area contributed by atoms with E-state index in [0.29, 0.717) is 37.8 Å². The lowest BCUT2D eigenvalue weighted by Gasteiger charge is -2.16.